The molecule has 2 aliphatic heterocycles. The van der Waals surface area contributed by atoms with E-state index in [2.05, 4.69) is 31.9 Å². The number of anilines is 1. The lowest BCUT2D eigenvalue weighted by Gasteiger charge is -2.27. The lowest BCUT2D eigenvalue weighted by Crippen LogP contribution is -2.41. The molecule has 3 heterocycles. The molecule has 0 unspecified atom stereocenters. The number of methoxy groups -OCH3 is 1. The van der Waals surface area contributed by atoms with Crippen LogP contribution in [-0.2, 0) is 14.3 Å². The summed E-state index contributed by atoms with van der Waals surface area (Å²) in [6.45, 7) is 6.27. The maximum atomic E-state index is 14.4. The van der Waals surface area contributed by atoms with Crippen LogP contribution in [0.4, 0.5) is 5.69 Å². The molecule has 3 aromatic rings. The van der Waals surface area contributed by atoms with Crippen LogP contribution in [0.15, 0.2) is 66.4 Å². The summed E-state index contributed by atoms with van der Waals surface area (Å²) in [6, 6.07) is 10.2. The highest BCUT2D eigenvalue weighted by atomic mass is 79.9. The molecule has 0 spiro atoms. The number of aromatic nitrogens is 1. The minimum Gasteiger partial charge on any atom is -0.496 e. The van der Waals surface area contributed by atoms with E-state index in [1.54, 1.807) is 25.0 Å². The number of carbonyl (C=O) groups excluding carboxylic acids is 2. The third-order valence-corrected chi connectivity index (χ3v) is 8.92. The summed E-state index contributed by atoms with van der Waals surface area (Å²) < 4.78 is 14.5. The fraction of sp³-hybridized carbons (Fsp3) is 0.310. The Morgan fingerprint density at radius 1 is 1.07 bits per heavy atom. The highest BCUT2D eigenvalue weighted by molar-refractivity contribution is 9.10. The van der Waals surface area contributed by atoms with Gasteiger partial charge in [0.05, 0.1) is 36.2 Å². The number of nitrogens with zero attached hydrogens (tertiary/aromatic N) is 3. The summed E-state index contributed by atoms with van der Waals surface area (Å²) >= 11 is 8.21. The molecule has 0 N–H and O–H groups in total. The van der Waals surface area contributed by atoms with Gasteiger partial charge in [-0.25, -0.2) is 9.79 Å². The van der Waals surface area contributed by atoms with E-state index in [1.807, 2.05) is 44.2 Å². The van der Waals surface area contributed by atoms with Gasteiger partial charge in [-0.05, 0) is 56.7 Å². The molecule has 1 amide bonds. The van der Waals surface area contributed by atoms with Gasteiger partial charge in [0.1, 0.15) is 16.3 Å². The summed E-state index contributed by atoms with van der Waals surface area (Å²) in [5.41, 5.74) is 2.82. The number of rotatable bonds is 7. The number of thiazole rings is 1. The van der Waals surface area contributed by atoms with Crippen LogP contribution in [0, 0.1) is 0 Å². The highest BCUT2D eigenvalue weighted by Gasteiger charge is 2.38. The Hall–Kier alpha value is -3.02. The first kappa shape index (κ1) is 28.5. The van der Waals surface area contributed by atoms with Crippen molar-refractivity contribution in [3.8, 4) is 5.75 Å². The third-order valence-electron chi connectivity index (χ3n) is 6.88. The molecule has 5 rings (SSSR count). The lowest BCUT2D eigenvalue weighted by molar-refractivity contribution is -0.139. The Balaban J connectivity index is 1.90. The van der Waals surface area contributed by atoms with Crippen LogP contribution < -0.4 is 24.5 Å². The highest BCUT2D eigenvalue weighted by Crippen LogP contribution is 2.39. The number of carbonyl (C=O) groups is 2. The molecule has 0 bridgehead atoms. The van der Waals surface area contributed by atoms with Gasteiger partial charge in [0.2, 0.25) is 0 Å². The van der Waals surface area contributed by atoms with Crippen molar-refractivity contribution in [2.45, 2.75) is 39.7 Å². The van der Waals surface area contributed by atoms with E-state index in [0.717, 1.165) is 32.4 Å². The first-order valence-electron chi connectivity index (χ1n) is 12.9. The van der Waals surface area contributed by atoms with Crippen molar-refractivity contribution < 1.29 is 19.1 Å². The second kappa shape index (κ2) is 11.5. The number of benzene rings is 2. The minimum atomic E-state index is -0.862. The van der Waals surface area contributed by atoms with Crippen LogP contribution in [0.5, 0.6) is 5.75 Å². The van der Waals surface area contributed by atoms with Crippen LogP contribution in [-0.4, -0.2) is 36.7 Å². The number of fused-ring (bicyclic) bond motifs is 2. The summed E-state index contributed by atoms with van der Waals surface area (Å²) in [7, 11) is 1.55. The van der Waals surface area contributed by atoms with Crippen molar-refractivity contribution >= 4 is 66.3 Å². The Labute approximate surface area is 251 Å². The van der Waals surface area contributed by atoms with Crippen LogP contribution in [0.1, 0.15) is 50.8 Å². The Morgan fingerprint density at radius 3 is 2.48 bits per heavy atom. The van der Waals surface area contributed by atoms with Crippen molar-refractivity contribution in [2.24, 2.45) is 4.99 Å². The molecule has 0 radical (unpaired) electrons. The van der Waals surface area contributed by atoms with Crippen LogP contribution in [0.25, 0.3) is 5.57 Å². The van der Waals surface area contributed by atoms with Crippen LogP contribution in [0.3, 0.4) is 0 Å². The van der Waals surface area contributed by atoms with Crippen molar-refractivity contribution in [1.29, 1.82) is 0 Å². The molecule has 0 fully saturated rings. The van der Waals surface area contributed by atoms with E-state index >= 15 is 0 Å². The zero-order valence-corrected chi connectivity index (χ0v) is 26.4. The fourth-order valence-electron chi connectivity index (χ4n) is 5.22. The molecule has 2 aliphatic rings. The minimum absolute atomic E-state index is 0.172. The molecule has 1 atom stereocenters. The van der Waals surface area contributed by atoms with Gasteiger partial charge < -0.3 is 14.4 Å². The number of hydrogen-bond donors (Lipinski definition) is 0. The Morgan fingerprint density at radius 2 is 1.80 bits per heavy atom. The summed E-state index contributed by atoms with van der Waals surface area (Å²) in [5.74, 6) is -0.270. The monoisotopic (exact) mass is 687 g/mol. The second-order valence-electron chi connectivity index (χ2n) is 9.21. The molecule has 40 heavy (non-hydrogen) atoms. The topological polar surface area (TPSA) is 90.2 Å². The normalized spacial score (nSPS) is 17.5. The standard InChI is InChI=1S/C29H27Br2N3O5S/c1-5-8-19-23(28(37)39-7-3)24(18-14-16(31)10-12-21(18)38-4)34-27(36)25(40-29(34)32-19)22-17-13-15(30)9-11-20(17)33(6-2)26(22)35/h9-14,24H,5-8H2,1-4H3/b25-22-/t24-/m0/s1. The van der Waals surface area contributed by atoms with E-state index in [-0.39, 0.29) is 17.0 Å². The Kier molecular flexibility index (Phi) is 8.17. The second-order valence-corrected chi connectivity index (χ2v) is 12.0. The molecule has 0 saturated carbocycles. The average molecular weight is 689 g/mol. The zero-order valence-electron chi connectivity index (χ0n) is 22.4. The summed E-state index contributed by atoms with van der Waals surface area (Å²) in [5, 5.41) is 0. The van der Waals surface area contributed by atoms with Crippen molar-refractivity contribution in [1.82, 2.24) is 4.57 Å². The number of likely N-dealkylation sites (N-methyl/N-ethyl adjacent to an activating group) is 1. The predicted molar refractivity (Wildman–Crippen MR) is 161 cm³/mol. The van der Waals surface area contributed by atoms with Gasteiger partial charge >= 0.3 is 5.97 Å². The smallest absolute Gasteiger partial charge is 0.338 e. The summed E-state index contributed by atoms with van der Waals surface area (Å²) in [6.07, 6.45) is 1.24. The predicted octanol–water partition coefficient (Wildman–Crippen LogP) is 4.85. The molecule has 11 heteroatoms. The molecule has 2 aromatic carbocycles. The zero-order chi connectivity index (χ0) is 28.7. The molecule has 0 saturated heterocycles. The van der Waals surface area contributed by atoms with Crippen molar-refractivity contribution in [3.05, 3.63) is 87.4 Å². The van der Waals surface area contributed by atoms with Gasteiger partial charge in [-0.1, -0.05) is 56.5 Å². The molecule has 208 valence electrons. The number of allylic oxidation sites excluding steroid dienone is 1. The van der Waals surface area contributed by atoms with Crippen LogP contribution >= 0.6 is 43.2 Å². The SMILES string of the molecule is CCCC1=C(C(=O)OCC)[C@H](c2cc(Br)ccc2OC)n2c(s/c(=C3\C(=O)N(CC)c4ccc(Br)cc43)c2=O)=N1. The molecular formula is C29H27Br2N3O5S. The van der Waals surface area contributed by atoms with Gasteiger partial charge in [-0.3, -0.25) is 14.2 Å². The summed E-state index contributed by atoms with van der Waals surface area (Å²) in [4.78, 5) is 48.5. The number of ether oxygens (including phenoxy) is 2. The average Bonchev–Trinajstić information content (AvgIpc) is 3.39. The quantitative estimate of drug-likeness (QED) is 0.331. The number of amides is 1. The molecule has 1 aromatic heterocycles. The van der Waals surface area contributed by atoms with E-state index in [0.29, 0.717) is 51.5 Å². The first-order valence-corrected chi connectivity index (χ1v) is 15.4. The van der Waals surface area contributed by atoms with Crippen molar-refractivity contribution in [2.75, 3.05) is 25.2 Å². The van der Waals surface area contributed by atoms with E-state index in [4.69, 9.17) is 14.5 Å². The first-order chi connectivity index (χ1) is 19.2. The van der Waals surface area contributed by atoms with Gasteiger partial charge in [0.15, 0.2) is 4.80 Å². The fourth-order valence-corrected chi connectivity index (χ4v) is 7.07. The molecule has 0 aliphatic carbocycles. The van der Waals surface area contributed by atoms with Crippen molar-refractivity contribution in [3.63, 3.8) is 0 Å². The van der Waals surface area contributed by atoms with Crippen LogP contribution in [0.2, 0.25) is 0 Å². The molecular weight excluding hydrogens is 662 g/mol. The number of esters is 1. The largest absolute Gasteiger partial charge is 0.496 e. The maximum Gasteiger partial charge on any atom is 0.338 e. The van der Waals surface area contributed by atoms with E-state index < -0.39 is 17.6 Å². The lowest BCUT2D eigenvalue weighted by atomic mass is 9.93. The number of hydrogen-bond acceptors (Lipinski definition) is 7. The van der Waals surface area contributed by atoms with E-state index in [9.17, 15) is 14.4 Å². The maximum absolute atomic E-state index is 14.4. The van der Waals surface area contributed by atoms with Gasteiger partial charge in [0, 0.05) is 26.6 Å². The third kappa shape index (κ3) is 4.67. The van der Waals surface area contributed by atoms with Gasteiger partial charge in [-0.2, -0.15) is 0 Å². The number of halogens is 2. The van der Waals surface area contributed by atoms with Gasteiger partial charge in [0.25, 0.3) is 11.5 Å². The Bertz CT molecular complexity index is 1760. The van der Waals surface area contributed by atoms with Gasteiger partial charge in [-0.15, -0.1) is 0 Å². The van der Waals surface area contributed by atoms with E-state index in [1.165, 1.54) is 4.57 Å². The molecule has 8 nitrogen and oxygen atoms in total.